The molecule has 1 aromatic heterocycles. The van der Waals surface area contributed by atoms with Gasteiger partial charge in [-0.15, -0.1) is 5.10 Å². The van der Waals surface area contributed by atoms with Crippen LogP contribution in [0.4, 0.5) is 0 Å². The Morgan fingerprint density at radius 3 is 3.14 bits per heavy atom. The number of tetrazole rings is 1. The first-order valence-corrected chi connectivity index (χ1v) is 7.00. The maximum absolute atomic E-state index is 12.3. The molecule has 2 heterocycles. The highest BCUT2D eigenvalue weighted by Gasteiger charge is 2.24. The number of hydrogen-bond donors (Lipinski definition) is 1. The van der Waals surface area contributed by atoms with Gasteiger partial charge in [-0.2, -0.15) is 0 Å². The summed E-state index contributed by atoms with van der Waals surface area (Å²) in [7, 11) is 0. The minimum absolute atomic E-state index is 0.00306. The normalized spacial score (nSPS) is 19.4. The van der Waals surface area contributed by atoms with Crippen LogP contribution in [0.5, 0.6) is 0 Å². The van der Waals surface area contributed by atoms with Gasteiger partial charge in [0, 0.05) is 12.2 Å². The smallest absolute Gasteiger partial charge is 0.251 e. The van der Waals surface area contributed by atoms with Crippen LogP contribution in [0.1, 0.15) is 30.1 Å². The van der Waals surface area contributed by atoms with Crippen molar-refractivity contribution in [3.63, 3.8) is 0 Å². The largest absolute Gasteiger partial charge is 0.376 e. The average Bonchev–Trinajstić information content (AvgIpc) is 3.20. The molecule has 0 bridgehead atoms. The Bertz CT molecular complexity index is 608. The topological polar surface area (TPSA) is 81.9 Å². The third kappa shape index (κ3) is 3.08. The van der Waals surface area contributed by atoms with E-state index in [4.69, 9.17) is 4.74 Å². The Hall–Kier alpha value is -2.28. The zero-order valence-electron chi connectivity index (χ0n) is 11.8. The van der Waals surface area contributed by atoms with Gasteiger partial charge in [0.1, 0.15) is 6.33 Å². The third-order valence-corrected chi connectivity index (χ3v) is 3.60. The number of rotatable bonds is 4. The van der Waals surface area contributed by atoms with Crippen LogP contribution in [0, 0.1) is 0 Å². The van der Waals surface area contributed by atoms with E-state index in [0.29, 0.717) is 5.56 Å². The van der Waals surface area contributed by atoms with Crippen molar-refractivity contribution in [2.45, 2.75) is 31.9 Å². The highest BCUT2D eigenvalue weighted by Crippen LogP contribution is 2.16. The number of aromatic nitrogens is 4. The van der Waals surface area contributed by atoms with E-state index in [2.05, 4.69) is 20.8 Å². The van der Waals surface area contributed by atoms with Crippen LogP contribution >= 0.6 is 0 Å². The second-order valence-corrected chi connectivity index (χ2v) is 5.12. The molecule has 0 radical (unpaired) electrons. The Morgan fingerprint density at radius 2 is 2.43 bits per heavy atom. The molecule has 1 aromatic carbocycles. The molecule has 1 aliphatic rings. The van der Waals surface area contributed by atoms with E-state index < -0.39 is 0 Å². The van der Waals surface area contributed by atoms with Gasteiger partial charge in [0.05, 0.1) is 17.8 Å². The van der Waals surface area contributed by atoms with Gasteiger partial charge in [-0.1, -0.05) is 6.07 Å². The minimum atomic E-state index is -0.118. The molecule has 1 N–H and O–H groups in total. The number of carbonyl (C=O) groups excluding carboxylic acids is 1. The maximum Gasteiger partial charge on any atom is 0.251 e. The fourth-order valence-electron chi connectivity index (χ4n) is 2.45. The molecule has 1 saturated heterocycles. The van der Waals surface area contributed by atoms with Gasteiger partial charge < -0.3 is 10.1 Å². The lowest BCUT2D eigenvalue weighted by Gasteiger charge is -2.20. The van der Waals surface area contributed by atoms with Gasteiger partial charge in [0.2, 0.25) is 0 Å². The Balaban J connectivity index is 1.71. The number of benzene rings is 1. The van der Waals surface area contributed by atoms with E-state index >= 15 is 0 Å². The van der Waals surface area contributed by atoms with Crippen LogP contribution < -0.4 is 5.32 Å². The number of hydrogen-bond acceptors (Lipinski definition) is 5. The highest BCUT2D eigenvalue weighted by molar-refractivity contribution is 5.94. The van der Waals surface area contributed by atoms with E-state index in [1.54, 1.807) is 12.1 Å². The molecule has 2 aromatic rings. The van der Waals surface area contributed by atoms with Crippen molar-refractivity contribution in [1.82, 2.24) is 25.5 Å². The predicted octanol–water partition coefficient (Wildman–Crippen LogP) is 0.960. The molecule has 0 unspecified atom stereocenters. The summed E-state index contributed by atoms with van der Waals surface area (Å²) < 4.78 is 7.10. The number of amides is 1. The summed E-state index contributed by atoms with van der Waals surface area (Å²) in [6, 6.07) is 7.18. The lowest BCUT2D eigenvalue weighted by molar-refractivity contribution is 0.0712. The quantitative estimate of drug-likeness (QED) is 0.905. The first-order valence-electron chi connectivity index (χ1n) is 7.00. The summed E-state index contributed by atoms with van der Waals surface area (Å²) in [5.74, 6) is -0.118. The molecular formula is C14H17N5O2. The molecule has 0 aliphatic carbocycles. The van der Waals surface area contributed by atoms with Crippen molar-refractivity contribution in [3.05, 3.63) is 36.2 Å². The molecule has 1 amide bonds. The summed E-state index contributed by atoms with van der Waals surface area (Å²) in [5.41, 5.74) is 1.32. The van der Waals surface area contributed by atoms with E-state index in [1.807, 2.05) is 19.1 Å². The summed E-state index contributed by atoms with van der Waals surface area (Å²) in [6.07, 6.45) is 3.65. The SMILES string of the molecule is C[C@@H](NC(=O)c1cccc(-n2cnnn2)c1)[C@@H]1CCCO1. The van der Waals surface area contributed by atoms with Crippen molar-refractivity contribution in [2.75, 3.05) is 6.61 Å². The zero-order chi connectivity index (χ0) is 14.7. The molecule has 0 saturated carbocycles. The van der Waals surface area contributed by atoms with Crippen LogP contribution in [0.3, 0.4) is 0 Å². The first-order chi connectivity index (χ1) is 10.2. The summed E-state index contributed by atoms with van der Waals surface area (Å²) >= 11 is 0. The standard InChI is InChI=1S/C14H17N5O2/c1-10(13-6-3-7-21-13)16-14(20)11-4-2-5-12(8-11)19-9-15-17-18-19/h2,4-5,8-10,13H,3,6-7H2,1H3,(H,16,20)/t10-,13+/m1/s1. The molecule has 7 heteroatoms. The molecule has 21 heavy (non-hydrogen) atoms. The van der Waals surface area contributed by atoms with Crippen LogP contribution in [0.25, 0.3) is 5.69 Å². The maximum atomic E-state index is 12.3. The monoisotopic (exact) mass is 287 g/mol. The Kier molecular flexibility index (Phi) is 3.92. The van der Waals surface area contributed by atoms with Crippen LogP contribution in [-0.4, -0.2) is 44.9 Å². The van der Waals surface area contributed by atoms with Crippen molar-refractivity contribution in [2.24, 2.45) is 0 Å². The summed E-state index contributed by atoms with van der Waals surface area (Å²) in [4.78, 5) is 12.3. The van der Waals surface area contributed by atoms with Gasteiger partial charge in [-0.25, -0.2) is 4.68 Å². The van der Waals surface area contributed by atoms with Crippen molar-refractivity contribution in [1.29, 1.82) is 0 Å². The highest BCUT2D eigenvalue weighted by atomic mass is 16.5. The molecule has 7 nitrogen and oxygen atoms in total. The number of carbonyl (C=O) groups is 1. The molecule has 3 rings (SSSR count). The van der Waals surface area contributed by atoms with Gasteiger partial charge in [-0.05, 0) is 48.4 Å². The van der Waals surface area contributed by atoms with E-state index in [1.165, 1.54) is 11.0 Å². The van der Waals surface area contributed by atoms with Gasteiger partial charge in [0.15, 0.2) is 0 Å². The van der Waals surface area contributed by atoms with Gasteiger partial charge in [0.25, 0.3) is 5.91 Å². The summed E-state index contributed by atoms with van der Waals surface area (Å²) in [6.45, 7) is 2.75. The fraction of sp³-hybridized carbons (Fsp3) is 0.429. The second kappa shape index (κ2) is 6.01. The predicted molar refractivity (Wildman–Crippen MR) is 75.1 cm³/mol. The zero-order valence-corrected chi connectivity index (χ0v) is 11.8. The van der Waals surface area contributed by atoms with Gasteiger partial charge >= 0.3 is 0 Å². The average molecular weight is 287 g/mol. The first kappa shape index (κ1) is 13.7. The molecule has 1 fully saturated rings. The summed E-state index contributed by atoms with van der Waals surface area (Å²) in [5, 5.41) is 14.0. The van der Waals surface area contributed by atoms with E-state index in [0.717, 1.165) is 25.1 Å². The van der Waals surface area contributed by atoms with E-state index in [-0.39, 0.29) is 18.1 Å². The van der Waals surface area contributed by atoms with Gasteiger partial charge in [-0.3, -0.25) is 4.79 Å². The molecular weight excluding hydrogens is 270 g/mol. The van der Waals surface area contributed by atoms with Crippen molar-refractivity contribution >= 4 is 5.91 Å². The molecule has 2 atom stereocenters. The van der Waals surface area contributed by atoms with Crippen LogP contribution in [-0.2, 0) is 4.74 Å². The Morgan fingerprint density at radius 1 is 1.52 bits per heavy atom. The third-order valence-electron chi connectivity index (χ3n) is 3.60. The van der Waals surface area contributed by atoms with Crippen LogP contribution in [0.15, 0.2) is 30.6 Å². The van der Waals surface area contributed by atoms with E-state index in [9.17, 15) is 4.79 Å². The fourth-order valence-corrected chi connectivity index (χ4v) is 2.45. The van der Waals surface area contributed by atoms with Crippen molar-refractivity contribution in [3.8, 4) is 5.69 Å². The number of nitrogens with zero attached hydrogens (tertiary/aromatic N) is 4. The number of nitrogens with one attached hydrogen (secondary N) is 1. The molecule has 110 valence electrons. The lowest BCUT2D eigenvalue weighted by atomic mass is 10.1. The second-order valence-electron chi connectivity index (χ2n) is 5.12. The lowest BCUT2D eigenvalue weighted by Crippen LogP contribution is -2.40. The van der Waals surface area contributed by atoms with Crippen molar-refractivity contribution < 1.29 is 9.53 Å². The number of ether oxygens (including phenoxy) is 1. The Labute approximate surface area is 122 Å². The molecule has 0 spiro atoms. The minimum Gasteiger partial charge on any atom is -0.376 e. The molecule has 1 aliphatic heterocycles. The van der Waals surface area contributed by atoms with Crippen LogP contribution in [0.2, 0.25) is 0 Å².